The molecule has 2 heterocycles. The van der Waals surface area contributed by atoms with Gasteiger partial charge in [0, 0.05) is 34.6 Å². The van der Waals surface area contributed by atoms with Crippen LogP contribution in [0.2, 0.25) is 0 Å². The number of esters is 5. The number of hydrogen-bond donors (Lipinski definition) is 3. The Labute approximate surface area is 264 Å². The molecular weight excluding hydrogens is 628 g/mol. The molecule has 16 nitrogen and oxygen atoms in total. The quantitative estimate of drug-likeness (QED) is 0.142. The molecule has 248 valence electrons. The lowest BCUT2D eigenvalue weighted by atomic mass is 9.94. The van der Waals surface area contributed by atoms with Crippen molar-refractivity contribution in [1.29, 1.82) is 0 Å². The number of nitrogens with one attached hydrogen (secondary N) is 2. The zero-order valence-electron chi connectivity index (χ0n) is 25.3. The average molecular weight is 667 g/mol. The summed E-state index contributed by atoms with van der Waals surface area (Å²) in [7, 11) is 0. The first-order valence-electron chi connectivity index (χ1n) is 13.5. The highest BCUT2D eigenvalue weighted by Gasteiger charge is 2.55. The second-order valence-electron chi connectivity index (χ2n) is 9.99. The fraction of sp³-hybridized carbons (Fsp3) is 0.731. The molecule has 0 amide bonds. The molecule has 0 aromatic carbocycles. The van der Waals surface area contributed by atoms with Gasteiger partial charge in [-0.15, -0.1) is 0 Å². The molecule has 2 saturated heterocycles. The third-order valence-electron chi connectivity index (χ3n) is 6.14. The summed E-state index contributed by atoms with van der Waals surface area (Å²) in [4.78, 5) is 59.8. The smallest absolute Gasteiger partial charge is 0.305 e. The Balaban J connectivity index is 2.60. The van der Waals surface area contributed by atoms with Crippen LogP contribution in [-0.4, -0.2) is 119 Å². The first kappa shape index (κ1) is 37.2. The van der Waals surface area contributed by atoms with E-state index in [-0.39, 0.29) is 9.98 Å². The first-order chi connectivity index (χ1) is 20.5. The van der Waals surface area contributed by atoms with E-state index in [1.165, 1.54) is 13.8 Å². The zero-order valence-corrected chi connectivity index (χ0v) is 26.9. The molecule has 2 aliphatic rings. The summed E-state index contributed by atoms with van der Waals surface area (Å²) in [6.45, 7) is 7.86. The van der Waals surface area contributed by atoms with Gasteiger partial charge in [0.05, 0.1) is 9.98 Å². The zero-order chi connectivity index (χ0) is 33.3. The molecule has 0 radical (unpaired) electrons. The molecule has 2 rings (SSSR count). The highest BCUT2D eigenvalue weighted by molar-refractivity contribution is 7.80. The van der Waals surface area contributed by atoms with Crippen LogP contribution in [0.3, 0.4) is 0 Å². The van der Waals surface area contributed by atoms with Crippen molar-refractivity contribution in [3.05, 3.63) is 0 Å². The predicted molar refractivity (Wildman–Crippen MR) is 155 cm³/mol. The summed E-state index contributed by atoms with van der Waals surface area (Å²) < 4.78 is 44.8. The van der Waals surface area contributed by atoms with Crippen LogP contribution in [0, 0.1) is 0 Å². The molecule has 6 unspecified atom stereocenters. The van der Waals surface area contributed by atoms with Crippen LogP contribution in [0.4, 0.5) is 0 Å². The summed E-state index contributed by atoms with van der Waals surface area (Å²) in [5.41, 5.74) is 0. The van der Waals surface area contributed by atoms with E-state index in [0.717, 1.165) is 34.6 Å². The number of carbonyl (C=O) groups is 5. The molecule has 44 heavy (non-hydrogen) atoms. The lowest BCUT2D eigenvalue weighted by molar-refractivity contribution is -0.329. The van der Waals surface area contributed by atoms with Crippen molar-refractivity contribution in [2.24, 2.45) is 0 Å². The maximum atomic E-state index is 12.2. The van der Waals surface area contributed by atoms with E-state index in [2.05, 4.69) is 10.6 Å². The maximum absolute atomic E-state index is 12.2. The van der Waals surface area contributed by atoms with E-state index in [1.807, 2.05) is 0 Å². The van der Waals surface area contributed by atoms with Gasteiger partial charge in [0.2, 0.25) is 6.29 Å². The highest BCUT2D eigenvalue weighted by atomic mass is 32.1. The second kappa shape index (κ2) is 16.9. The lowest BCUT2D eigenvalue weighted by Gasteiger charge is -2.49. The van der Waals surface area contributed by atoms with E-state index in [0.29, 0.717) is 0 Å². The molecule has 2 fully saturated rings. The standard InChI is InChI=1S/C26H38N2O14S2/c1-10(43)27-19-21(34)22(17(8-35-12(3)29)40-25(19)39-16(7)33)42-26-20(28-11(2)44)24(38-15(6)32)23(37-14(5)31)18(41-26)9-36-13(4)30/h17-26,34H,8-9H2,1-7H3,(H,27,43)(H,28,44)/t17?,18?,19-,20?,21?,22+,23-,24?,25?,26+/m1/s1. The Morgan fingerprint density at radius 1 is 0.614 bits per heavy atom. The monoisotopic (exact) mass is 666 g/mol. The van der Waals surface area contributed by atoms with E-state index < -0.39 is 104 Å². The normalized spacial score (nSPS) is 31.5. The fourth-order valence-electron chi connectivity index (χ4n) is 4.64. The number of thiocarbonyl (C=S) groups is 2. The van der Waals surface area contributed by atoms with Gasteiger partial charge in [0.25, 0.3) is 0 Å². The molecule has 0 spiro atoms. The van der Waals surface area contributed by atoms with Crippen LogP contribution in [-0.2, 0) is 61.9 Å². The second-order valence-corrected chi connectivity index (χ2v) is 11.2. The third kappa shape index (κ3) is 11.2. The van der Waals surface area contributed by atoms with E-state index in [9.17, 15) is 29.1 Å². The van der Waals surface area contributed by atoms with Gasteiger partial charge in [-0.25, -0.2) is 0 Å². The van der Waals surface area contributed by atoms with E-state index in [4.69, 9.17) is 62.3 Å². The Morgan fingerprint density at radius 2 is 1.05 bits per heavy atom. The first-order valence-corrected chi connectivity index (χ1v) is 14.3. The third-order valence-corrected chi connectivity index (χ3v) is 6.37. The molecular formula is C26H38N2O14S2. The van der Waals surface area contributed by atoms with Gasteiger partial charge in [-0.1, -0.05) is 24.4 Å². The van der Waals surface area contributed by atoms with Gasteiger partial charge >= 0.3 is 29.8 Å². The SMILES string of the molecule is CC(=O)OCC1O[C@@H](O[C@H]2C(COC(C)=O)OC(OC(C)=O)[C@H](NC(C)=S)C2O)C(NC(C)=S)C(OC(C)=O)[C@@H]1OC(C)=O. The Hall–Kier alpha value is -3.03. The molecule has 2 aliphatic heterocycles. The van der Waals surface area contributed by atoms with Gasteiger partial charge in [0.1, 0.15) is 49.7 Å². The Kier molecular flexibility index (Phi) is 14.3. The molecule has 0 aromatic heterocycles. The topological polar surface area (TPSA) is 203 Å². The molecule has 0 aliphatic carbocycles. The largest absolute Gasteiger partial charge is 0.463 e. The lowest BCUT2D eigenvalue weighted by Crippen LogP contribution is -2.70. The van der Waals surface area contributed by atoms with Gasteiger partial charge in [0.15, 0.2) is 18.5 Å². The van der Waals surface area contributed by atoms with E-state index in [1.54, 1.807) is 0 Å². The number of rotatable bonds is 11. The van der Waals surface area contributed by atoms with Crippen molar-refractivity contribution >= 4 is 64.3 Å². The summed E-state index contributed by atoms with van der Waals surface area (Å²) >= 11 is 10.4. The van der Waals surface area contributed by atoms with Gasteiger partial charge < -0.3 is 53.6 Å². The van der Waals surface area contributed by atoms with Gasteiger partial charge in [-0.3, -0.25) is 24.0 Å². The van der Waals surface area contributed by atoms with Crippen molar-refractivity contribution in [2.75, 3.05) is 13.2 Å². The molecule has 0 aromatic rings. The van der Waals surface area contributed by atoms with Gasteiger partial charge in [-0.05, 0) is 13.8 Å². The van der Waals surface area contributed by atoms with Crippen molar-refractivity contribution in [2.45, 2.75) is 110 Å². The Bertz CT molecular complexity index is 1100. The van der Waals surface area contributed by atoms with Crippen LogP contribution in [0.5, 0.6) is 0 Å². The maximum Gasteiger partial charge on any atom is 0.305 e. The fourth-order valence-corrected chi connectivity index (χ4v) is 4.91. The minimum atomic E-state index is -1.55. The van der Waals surface area contributed by atoms with Crippen LogP contribution in [0.25, 0.3) is 0 Å². The van der Waals surface area contributed by atoms with Crippen molar-refractivity contribution in [3.63, 3.8) is 0 Å². The molecule has 10 atom stereocenters. The highest BCUT2D eigenvalue weighted by Crippen LogP contribution is 2.32. The molecule has 18 heteroatoms. The van der Waals surface area contributed by atoms with Crippen molar-refractivity contribution in [3.8, 4) is 0 Å². The number of aliphatic hydroxyl groups excluding tert-OH is 1. The average Bonchev–Trinajstić information content (AvgIpc) is 2.87. The van der Waals surface area contributed by atoms with Crippen LogP contribution in [0.15, 0.2) is 0 Å². The minimum Gasteiger partial charge on any atom is -0.463 e. The number of carbonyl (C=O) groups excluding carboxylic acids is 5. The van der Waals surface area contributed by atoms with Crippen LogP contribution in [0.1, 0.15) is 48.5 Å². The number of aliphatic hydroxyl groups is 1. The summed E-state index contributed by atoms with van der Waals surface area (Å²) in [5, 5.41) is 17.3. The Morgan fingerprint density at radius 3 is 1.50 bits per heavy atom. The summed E-state index contributed by atoms with van der Waals surface area (Å²) in [5.74, 6) is -3.59. The predicted octanol–water partition coefficient (Wildman–Crippen LogP) is -0.654. The van der Waals surface area contributed by atoms with Crippen molar-refractivity contribution < 1.29 is 67.0 Å². The van der Waals surface area contributed by atoms with Crippen LogP contribution >= 0.6 is 24.4 Å². The molecule has 3 N–H and O–H groups in total. The number of ether oxygens (including phenoxy) is 8. The van der Waals surface area contributed by atoms with Crippen molar-refractivity contribution in [1.82, 2.24) is 10.6 Å². The van der Waals surface area contributed by atoms with Crippen LogP contribution < -0.4 is 10.6 Å². The molecule has 0 saturated carbocycles. The van der Waals surface area contributed by atoms with Gasteiger partial charge in [-0.2, -0.15) is 0 Å². The summed E-state index contributed by atoms with van der Waals surface area (Å²) in [6, 6.07) is -2.33. The summed E-state index contributed by atoms with van der Waals surface area (Å²) in [6.07, 6.45) is -10.9. The minimum absolute atomic E-state index is 0.201. The number of hydrogen-bond acceptors (Lipinski definition) is 16. The molecule has 0 bridgehead atoms. The van der Waals surface area contributed by atoms with E-state index >= 15 is 0 Å².